The van der Waals surface area contributed by atoms with Gasteiger partial charge >= 0.3 is 0 Å². The molecule has 0 saturated heterocycles. The molecule has 1 N–H and O–H groups in total. The van der Waals surface area contributed by atoms with E-state index in [0.29, 0.717) is 10.5 Å². The van der Waals surface area contributed by atoms with Gasteiger partial charge in [0.15, 0.2) is 0 Å². The summed E-state index contributed by atoms with van der Waals surface area (Å²) in [6.45, 7) is 3.29. The Labute approximate surface area is 97.0 Å². The van der Waals surface area contributed by atoms with E-state index < -0.39 is 12.1 Å². The molecule has 0 bridgehead atoms. The first-order chi connectivity index (χ1) is 7.00. The van der Waals surface area contributed by atoms with Crippen LogP contribution in [-0.2, 0) is 0 Å². The molecule has 0 saturated carbocycles. The number of nitrogens with zero attached hydrogens (tertiary/aromatic N) is 2. The van der Waals surface area contributed by atoms with Gasteiger partial charge in [0.05, 0.1) is 6.10 Å². The zero-order valence-corrected chi connectivity index (χ0v) is 10.2. The van der Waals surface area contributed by atoms with Crippen LogP contribution in [0.4, 0.5) is 5.69 Å². The Morgan fingerprint density at radius 1 is 1.33 bits per heavy atom. The molecule has 2 atom stereocenters. The Bertz CT molecular complexity index is 349. The molecule has 0 aromatic heterocycles. The molecule has 0 aliphatic carbocycles. The molecule has 1 aromatic carbocycles. The largest absolute Gasteiger partial charge is 0.594 e. The first kappa shape index (κ1) is 12.1. The Balaban J connectivity index is 2.84. The van der Waals surface area contributed by atoms with Crippen LogP contribution in [-0.4, -0.2) is 22.1 Å². The number of aliphatic hydroxyl groups is 1. The molecular weight excluding hydrogens is 260 g/mol. The van der Waals surface area contributed by atoms with Crippen LogP contribution < -0.4 is 0 Å². The molecule has 82 valence electrons. The quantitative estimate of drug-likeness (QED) is 0.523. The monoisotopic (exact) mass is 272 g/mol. The van der Waals surface area contributed by atoms with Crippen LogP contribution in [0.25, 0.3) is 0 Å². The van der Waals surface area contributed by atoms with Gasteiger partial charge in [-0.1, -0.05) is 20.8 Å². The highest BCUT2D eigenvalue weighted by Crippen LogP contribution is 2.17. The highest BCUT2D eigenvalue weighted by Gasteiger charge is 2.12. The van der Waals surface area contributed by atoms with Crippen LogP contribution >= 0.6 is 15.9 Å². The third kappa shape index (κ3) is 3.60. The third-order valence-corrected chi connectivity index (χ3v) is 2.56. The standard InChI is InChI=1S/C10H13BrN2O2/c1-7(8(2)14)12-13(15)10-5-3-9(11)4-6-10/h3-8,14H,1-2H3/t7-,8+/m0/s1. The maximum Gasteiger partial charge on any atom is 0.244 e. The summed E-state index contributed by atoms with van der Waals surface area (Å²) in [4.78, 5) is 0.532. The van der Waals surface area contributed by atoms with E-state index in [0.717, 1.165) is 4.47 Å². The number of aliphatic hydroxyl groups excluding tert-OH is 1. The van der Waals surface area contributed by atoms with Gasteiger partial charge in [-0.2, -0.15) is 0 Å². The lowest BCUT2D eigenvalue weighted by molar-refractivity contribution is -0.447. The van der Waals surface area contributed by atoms with Crippen molar-refractivity contribution in [3.05, 3.63) is 33.9 Å². The van der Waals surface area contributed by atoms with Crippen molar-refractivity contribution in [2.45, 2.75) is 26.0 Å². The van der Waals surface area contributed by atoms with Gasteiger partial charge in [-0.05, 0) is 31.1 Å². The minimum atomic E-state index is -0.628. The summed E-state index contributed by atoms with van der Waals surface area (Å²) in [6, 6.07) is 6.45. The summed E-state index contributed by atoms with van der Waals surface area (Å²) in [5.41, 5.74) is 0.450. The number of benzene rings is 1. The van der Waals surface area contributed by atoms with E-state index in [2.05, 4.69) is 21.0 Å². The summed E-state index contributed by atoms with van der Waals surface area (Å²) in [5, 5.41) is 24.5. The van der Waals surface area contributed by atoms with Crippen LogP contribution in [0, 0.1) is 5.21 Å². The summed E-state index contributed by atoms with van der Waals surface area (Å²) in [6.07, 6.45) is -0.628. The average molecular weight is 273 g/mol. The minimum Gasteiger partial charge on any atom is -0.594 e. The topological polar surface area (TPSA) is 58.7 Å². The van der Waals surface area contributed by atoms with Gasteiger partial charge in [0.2, 0.25) is 5.69 Å². The Hall–Kier alpha value is -0.940. The molecule has 0 radical (unpaired) electrons. The number of hydrogen-bond acceptors (Lipinski definition) is 3. The molecule has 0 aliphatic heterocycles. The summed E-state index contributed by atoms with van der Waals surface area (Å²) >= 11 is 3.28. The van der Waals surface area contributed by atoms with E-state index in [1.165, 1.54) is 0 Å². The lowest BCUT2D eigenvalue weighted by Crippen LogP contribution is -2.18. The predicted molar refractivity (Wildman–Crippen MR) is 61.0 cm³/mol. The van der Waals surface area contributed by atoms with Gasteiger partial charge < -0.3 is 10.3 Å². The molecule has 0 fully saturated rings. The van der Waals surface area contributed by atoms with Gasteiger partial charge in [0.25, 0.3) is 0 Å². The molecular formula is C10H13BrN2O2. The molecule has 15 heavy (non-hydrogen) atoms. The van der Waals surface area contributed by atoms with Crippen molar-refractivity contribution >= 4 is 21.6 Å². The lowest BCUT2D eigenvalue weighted by atomic mass is 10.2. The van der Waals surface area contributed by atoms with Crippen molar-refractivity contribution in [1.82, 2.24) is 0 Å². The second-order valence-electron chi connectivity index (χ2n) is 3.35. The Kier molecular flexibility index (Phi) is 4.23. The minimum absolute atomic E-state index is 0.411. The highest BCUT2D eigenvalue weighted by molar-refractivity contribution is 9.10. The average Bonchev–Trinajstić information content (AvgIpc) is 2.18. The Morgan fingerprint density at radius 2 is 1.87 bits per heavy atom. The second-order valence-corrected chi connectivity index (χ2v) is 4.26. The summed E-state index contributed by atoms with van der Waals surface area (Å²) in [7, 11) is 0. The van der Waals surface area contributed by atoms with Gasteiger partial charge in [-0.3, -0.25) is 0 Å². The second kappa shape index (κ2) is 5.23. The zero-order valence-electron chi connectivity index (χ0n) is 8.59. The van der Waals surface area contributed by atoms with E-state index >= 15 is 0 Å². The van der Waals surface area contributed by atoms with Crippen molar-refractivity contribution in [2.75, 3.05) is 0 Å². The first-order valence-electron chi connectivity index (χ1n) is 4.62. The lowest BCUT2D eigenvalue weighted by Gasteiger charge is -2.07. The van der Waals surface area contributed by atoms with Gasteiger partial charge in [-0.25, -0.2) is 0 Å². The van der Waals surface area contributed by atoms with E-state index in [1.807, 2.05) is 0 Å². The fraction of sp³-hybridized carbons (Fsp3) is 0.400. The number of azo groups is 1. The normalized spacial score (nSPS) is 16.1. The molecule has 1 aromatic rings. The number of halogens is 1. The number of rotatable bonds is 3. The van der Waals surface area contributed by atoms with Crippen molar-refractivity contribution in [3.8, 4) is 0 Å². The molecule has 4 nitrogen and oxygen atoms in total. The van der Waals surface area contributed by atoms with Crippen LogP contribution in [0.15, 0.2) is 33.9 Å². The number of hydrogen-bond donors (Lipinski definition) is 1. The van der Waals surface area contributed by atoms with E-state index in [4.69, 9.17) is 0 Å². The van der Waals surface area contributed by atoms with Gasteiger partial charge in [0, 0.05) is 16.6 Å². The molecule has 0 amide bonds. The smallest absolute Gasteiger partial charge is 0.244 e. The van der Waals surface area contributed by atoms with Crippen LogP contribution in [0.3, 0.4) is 0 Å². The molecule has 0 unspecified atom stereocenters. The molecule has 1 rings (SSSR count). The third-order valence-electron chi connectivity index (χ3n) is 2.03. The maximum atomic E-state index is 11.5. The van der Waals surface area contributed by atoms with E-state index in [-0.39, 0.29) is 0 Å². The van der Waals surface area contributed by atoms with Crippen LogP contribution in [0.5, 0.6) is 0 Å². The van der Waals surface area contributed by atoms with Crippen molar-refractivity contribution < 1.29 is 9.97 Å². The van der Waals surface area contributed by atoms with Crippen molar-refractivity contribution in [1.29, 1.82) is 0 Å². The SMILES string of the molecule is C[C@H](N=[N+]([O-])c1ccc(Br)cc1)[C@@H](C)O. The predicted octanol–water partition coefficient (Wildman–Crippen LogP) is 2.81. The van der Waals surface area contributed by atoms with Crippen LogP contribution in [0.2, 0.25) is 0 Å². The highest BCUT2D eigenvalue weighted by atomic mass is 79.9. The van der Waals surface area contributed by atoms with Crippen LogP contribution in [0.1, 0.15) is 13.8 Å². The van der Waals surface area contributed by atoms with Gasteiger partial charge in [0.1, 0.15) is 6.04 Å². The van der Waals surface area contributed by atoms with E-state index in [9.17, 15) is 10.3 Å². The summed E-state index contributed by atoms with van der Waals surface area (Å²) in [5.74, 6) is 0. The van der Waals surface area contributed by atoms with Crippen molar-refractivity contribution in [2.24, 2.45) is 5.11 Å². The van der Waals surface area contributed by atoms with Crippen molar-refractivity contribution in [3.63, 3.8) is 0 Å². The summed E-state index contributed by atoms with van der Waals surface area (Å²) < 4.78 is 0.906. The van der Waals surface area contributed by atoms with E-state index in [1.54, 1.807) is 38.1 Å². The fourth-order valence-corrected chi connectivity index (χ4v) is 1.16. The van der Waals surface area contributed by atoms with Gasteiger partial charge in [-0.15, -0.1) is 0 Å². The fourth-order valence-electron chi connectivity index (χ4n) is 0.897. The molecule has 0 aliphatic rings. The molecule has 0 spiro atoms. The molecule has 0 heterocycles. The first-order valence-corrected chi connectivity index (χ1v) is 5.41. The molecule has 5 heteroatoms. The zero-order chi connectivity index (χ0) is 11.4. The maximum absolute atomic E-state index is 11.5. The Morgan fingerprint density at radius 3 is 2.33 bits per heavy atom.